The van der Waals surface area contributed by atoms with Crippen molar-refractivity contribution in [3.63, 3.8) is 0 Å². The van der Waals surface area contributed by atoms with Crippen molar-refractivity contribution in [1.82, 2.24) is 0 Å². The largest absolute Gasteiger partial charge is 0.435 e. The number of carbonyl (C=O) groups excluding carboxylic acids is 1. The zero-order chi connectivity index (χ0) is 9.94. The first-order valence-electron chi connectivity index (χ1n) is 4.14. The molecular formula is C9H18O3. The van der Waals surface area contributed by atoms with Crippen molar-refractivity contribution in [2.45, 2.75) is 40.9 Å². The van der Waals surface area contributed by atoms with E-state index in [0.717, 1.165) is 0 Å². The highest BCUT2D eigenvalue weighted by molar-refractivity contribution is 5.75. The van der Waals surface area contributed by atoms with Gasteiger partial charge in [0.05, 0.1) is 5.41 Å². The van der Waals surface area contributed by atoms with Gasteiger partial charge in [-0.2, -0.15) is 0 Å². The van der Waals surface area contributed by atoms with E-state index < -0.39 is 11.7 Å². The van der Waals surface area contributed by atoms with Crippen LogP contribution in [-0.4, -0.2) is 17.4 Å². The fourth-order valence-electron chi connectivity index (χ4n) is 0.423. The van der Waals surface area contributed by atoms with E-state index in [0.29, 0.717) is 0 Å². The Labute approximate surface area is 73.7 Å². The predicted molar refractivity (Wildman–Crippen MR) is 46.4 cm³/mol. The minimum absolute atomic E-state index is 0.0590. The van der Waals surface area contributed by atoms with Crippen molar-refractivity contribution in [3.05, 3.63) is 0 Å². The lowest BCUT2D eigenvalue weighted by Crippen LogP contribution is -2.30. The van der Waals surface area contributed by atoms with Gasteiger partial charge in [0, 0.05) is 5.92 Å². The van der Waals surface area contributed by atoms with Crippen LogP contribution in [0.5, 0.6) is 0 Å². The predicted octanol–water partition coefficient (Wildman–Crippen LogP) is 1.55. The third kappa shape index (κ3) is 3.72. The van der Waals surface area contributed by atoms with E-state index in [-0.39, 0.29) is 11.9 Å². The minimum atomic E-state index is -0.989. The first-order valence-corrected chi connectivity index (χ1v) is 4.14. The van der Waals surface area contributed by atoms with Gasteiger partial charge in [0.25, 0.3) is 0 Å². The molecule has 0 spiro atoms. The van der Waals surface area contributed by atoms with E-state index in [1.54, 1.807) is 34.6 Å². The monoisotopic (exact) mass is 174 g/mol. The van der Waals surface area contributed by atoms with Crippen LogP contribution in [0, 0.1) is 11.3 Å². The summed E-state index contributed by atoms with van der Waals surface area (Å²) >= 11 is 0. The van der Waals surface area contributed by atoms with Crippen LogP contribution in [0.25, 0.3) is 0 Å². The highest BCUT2D eigenvalue weighted by Crippen LogP contribution is 2.17. The fraction of sp³-hybridized carbons (Fsp3) is 0.889. The number of carbonyl (C=O) groups is 1. The number of ether oxygens (including phenoxy) is 1. The van der Waals surface area contributed by atoms with Gasteiger partial charge < -0.3 is 9.84 Å². The molecule has 0 saturated heterocycles. The first-order chi connectivity index (χ1) is 5.25. The SMILES string of the molecule is CC(C)C(O)OC(=O)C(C)(C)C. The Morgan fingerprint density at radius 3 is 2.00 bits per heavy atom. The molecule has 0 aliphatic heterocycles. The van der Waals surface area contributed by atoms with E-state index in [1.807, 2.05) is 0 Å². The second-order valence-electron chi connectivity index (χ2n) is 4.29. The fourth-order valence-corrected chi connectivity index (χ4v) is 0.423. The minimum Gasteiger partial charge on any atom is -0.435 e. The normalized spacial score (nSPS) is 14.6. The van der Waals surface area contributed by atoms with Crippen LogP contribution >= 0.6 is 0 Å². The Kier molecular flexibility index (Phi) is 3.71. The second-order valence-corrected chi connectivity index (χ2v) is 4.29. The maximum atomic E-state index is 11.2. The molecule has 0 radical (unpaired) electrons. The van der Waals surface area contributed by atoms with Gasteiger partial charge in [-0.15, -0.1) is 0 Å². The number of hydrogen-bond acceptors (Lipinski definition) is 3. The summed E-state index contributed by atoms with van der Waals surface area (Å²) in [5.74, 6) is -0.431. The summed E-state index contributed by atoms with van der Waals surface area (Å²) < 4.78 is 4.79. The average molecular weight is 174 g/mol. The van der Waals surface area contributed by atoms with E-state index >= 15 is 0 Å². The number of aliphatic hydroxyl groups is 1. The van der Waals surface area contributed by atoms with Crippen LogP contribution < -0.4 is 0 Å². The van der Waals surface area contributed by atoms with Gasteiger partial charge in [0.15, 0.2) is 0 Å². The molecule has 72 valence electrons. The summed E-state index contributed by atoms with van der Waals surface area (Å²) in [5.41, 5.74) is -0.546. The van der Waals surface area contributed by atoms with E-state index in [4.69, 9.17) is 4.74 Å². The van der Waals surface area contributed by atoms with Crippen molar-refractivity contribution in [2.75, 3.05) is 0 Å². The lowest BCUT2D eigenvalue weighted by molar-refractivity contribution is -0.184. The van der Waals surface area contributed by atoms with Gasteiger partial charge >= 0.3 is 5.97 Å². The summed E-state index contributed by atoms with van der Waals surface area (Å²) in [7, 11) is 0. The number of hydrogen-bond donors (Lipinski definition) is 1. The van der Waals surface area contributed by atoms with E-state index in [9.17, 15) is 9.90 Å². The molecule has 0 amide bonds. The highest BCUT2D eigenvalue weighted by atomic mass is 16.6. The molecule has 0 saturated carbocycles. The zero-order valence-electron chi connectivity index (χ0n) is 8.42. The molecule has 0 aliphatic carbocycles. The van der Waals surface area contributed by atoms with Crippen LogP contribution in [0.1, 0.15) is 34.6 Å². The van der Waals surface area contributed by atoms with Crippen LogP contribution in [0.4, 0.5) is 0 Å². The molecule has 0 bridgehead atoms. The molecule has 0 aliphatic rings. The molecule has 1 atom stereocenters. The molecule has 0 aromatic carbocycles. The Hall–Kier alpha value is -0.570. The van der Waals surface area contributed by atoms with Crippen LogP contribution in [0.15, 0.2) is 0 Å². The number of rotatable bonds is 2. The summed E-state index contributed by atoms with van der Waals surface area (Å²) in [6.45, 7) is 8.84. The third-order valence-corrected chi connectivity index (χ3v) is 1.41. The maximum absolute atomic E-state index is 11.2. The smallest absolute Gasteiger partial charge is 0.313 e. The van der Waals surface area contributed by atoms with Crippen molar-refractivity contribution in [2.24, 2.45) is 11.3 Å². The molecule has 1 unspecified atom stereocenters. The molecule has 0 aromatic rings. The van der Waals surface area contributed by atoms with Crippen LogP contribution in [-0.2, 0) is 9.53 Å². The lowest BCUT2D eigenvalue weighted by atomic mass is 9.97. The molecule has 0 aromatic heterocycles. The molecule has 0 fully saturated rings. The van der Waals surface area contributed by atoms with Gasteiger partial charge in [-0.3, -0.25) is 4.79 Å². The zero-order valence-corrected chi connectivity index (χ0v) is 8.42. The van der Waals surface area contributed by atoms with E-state index in [2.05, 4.69) is 0 Å². The number of aliphatic hydroxyl groups excluding tert-OH is 1. The lowest BCUT2D eigenvalue weighted by Gasteiger charge is -2.21. The molecule has 3 nitrogen and oxygen atoms in total. The van der Waals surface area contributed by atoms with E-state index in [1.165, 1.54) is 0 Å². The summed E-state index contributed by atoms with van der Waals surface area (Å²) in [6.07, 6.45) is -0.989. The van der Waals surface area contributed by atoms with Crippen molar-refractivity contribution in [1.29, 1.82) is 0 Å². The molecule has 1 N–H and O–H groups in total. The molecular weight excluding hydrogens is 156 g/mol. The van der Waals surface area contributed by atoms with Crippen LogP contribution in [0.2, 0.25) is 0 Å². The van der Waals surface area contributed by atoms with Gasteiger partial charge in [-0.1, -0.05) is 13.8 Å². The van der Waals surface area contributed by atoms with Crippen LogP contribution in [0.3, 0.4) is 0 Å². The van der Waals surface area contributed by atoms with Gasteiger partial charge in [-0.25, -0.2) is 0 Å². The summed E-state index contributed by atoms with van der Waals surface area (Å²) in [6, 6.07) is 0. The topological polar surface area (TPSA) is 46.5 Å². The van der Waals surface area contributed by atoms with Crippen molar-refractivity contribution in [3.8, 4) is 0 Å². The molecule has 12 heavy (non-hydrogen) atoms. The summed E-state index contributed by atoms with van der Waals surface area (Å²) in [4.78, 5) is 11.2. The van der Waals surface area contributed by atoms with Crippen molar-refractivity contribution < 1.29 is 14.6 Å². The quantitative estimate of drug-likeness (QED) is 0.510. The van der Waals surface area contributed by atoms with Crippen molar-refractivity contribution >= 4 is 5.97 Å². The second kappa shape index (κ2) is 3.90. The molecule has 0 rings (SSSR count). The Morgan fingerprint density at radius 2 is 1.75 bits per heavy atom. The Balaban J connectivity index is 4.02. The molecule has 0 heterocycles. The standard InChI is InChI=1S/C9H18O3/c1-6(2)7(10)12-8(11)9(3,4)5/h6-7,10H,1-5H3. The van der Waals surface area contributed by atoms with Gasteiger partial charge in [-0.05, 0) is 20.8 Å². The van der Waals surface area contributed by atoms with Gasteiger partial charge in [0.1, 0.15) is 0 Å². The maximum Gasteiger partial charge on any atom is 0.313 e. The summed E-state index contributed by atoms with van der Waals surface area (Å²) in [5, 5.41) is 9.22. The Morgan fingerprint density at radius 1 is 1.33 bits per heavy atom. The Bertz CT molecular complexity index is 156. The average Bonchev–Trinajstić information content (AvgIpc) is 1.85. The highest BCUT2D eigenvalue weighted by Gasteiger charge is 2.26. The molecule has 3 heteroatoms. The van der Waals surface area contributed by atoms with Gasteiger partial charge in [0.2, 0.25) is 6.29 Å². The third-order valence-electron chi connectivity index (χ3n) is 1.41. The first kappa shape index (κ1) is 11.4. The number of esters is 1.